The fourth-order valence-electron chi connectivity index (χ4n) is 1.67. The Bertz CT molecular complexity index is 548. The lowest BCUT2D eigenvalue weighted by atomic mass is 10.0. The van der Waals surface area contributed by atoms with E-state index >= 15 is 0 Å². The van der Waals surface area contributed by atoms with Crippen molar-refractivity contribution in [2.75, 3.05) is 0 Å². The standard InChI is InChI=1S/C13H11N3O/c14-16-15-12-9-5-4-8-11(12)13(17)10-6-2-1-3-7-10/h1-9,13,17H/t13-/m0/s1. The molecule has 0 aliphatic heterocycles. The smallest absolute Gasteiger partial charge is 0.104 e. The summed E-state index contributed by atoms with van der Waals surface area (Å²) in [6, 6.07) is 16.3. The first-order chi connectivity index (χ1) is 8.33. The number of aliphatic hydroxyl groups excluding tert-OH is 1. The summed E-state index contributed by atoms with van der Waals surface area (Å²) < 4.78 is 0. The SMILES string of the molecule is [N-]=[N+]=Nc1ccccc1[C@@H](O)c1ccccc1. The van der Waals surface area contributed by atoms with Crippen molar-refractivity contribution in [3.63, 3.8) is 0 Å². The number of nitrogens with zero attached hydrogens (tertiary/aromatic N) is 3. The molecule has 0 aliphatic carbocycles. The summed E-state index contributed by atoms with van der Waals surface area (Å²) in [7, 11) is 0. The lowest BCUT2D eigenvalue weighted by Gasteiger charge is -2.13. The van der Waals surface area contributed by atoms with Crippen molar-refractivity contribution in [1.29, 1.82) is 0 Å². The fraction of sp³-hybridized carbons (Fsp3) is 0.0769. The summed E-state index contributed by atoms with van der Waals surface area (Å²) in [6.07, 6.45) is -0.780. The zero-order valence-corrected chi connectivity index (χ0v) is 9.06. The van der Waals surface area contributed by atoms with E-state index in [0.717, 1.165) is 5.56 Å². The maximum Gasteiger partial charge on any atom is 0.104 e. The Morgan fingerprint density at radius 1 is 1.00 bits per heavy atom. The first-order valence-electron chi connectivity index (χ1n) is 5.20. The van der Waals surface area contributed by atoms with E-state index in [4.69, 9.17) is 5.53 Å². The average Bonchev–Trinajstić information content (AvgIpc) is 2.40. The summed E-state index contributed by atoms with van der Waals surface area (Å²) in [5.41, 5.74) is 10.3. The van der Waals surface area contributed by atoms with Crippen LogP contribution in [0.2, 0.25) is 0 Å². The molecule has 0 fully saturated rings. The van der Waals surface area contributed by atoms with Crippen molar-refractivity contribution >= 4 is 5.69 Å². The minimum absolute atomic E-state index is 0.450. The van der Waals surface area contributed by atoms with E-state index in [2.05, 4.69) is 10.0 Å². The number of hydrogen-bond donors (Lipinski definition) is 1. The van der Waals surface area contributed by atoms with Gasteiger partial charge in [0.05, 0.1) is 0 Å². The average molecular weight is 225 g/mol. The van der Waals surface area contributed by atoms with Crippen molar-refractivity contribution < 1.29 is 5.11 Å². The predicted octanol–water partition coefficient (Wildman–Crippen LogP) is 3.71. The molecule has 0 aromatic heterocycles. The Balaban J connectivity index is 2.44. The van der Waals surface area contributed by atoms with E-state index in [1.54, 1.807) is 24.3 Å². The van der Waals surface area contributed by atoms with Crippen LogP contribution < -0.4 is 0 Å². The maximum atomic E-state index is 10.2. The second-order valence-electron chi connectivity index (χ2n) is 3.56. The van der Waals surface area contributed by atoms with Gasteiger partial charge in [0.2, 0.25) is 0 Å². The molecule has 0 heterocycles. The molecule has 0 spiro atoms. The van der Waals surface area contributed by atoms with E-state index in [1.807, 2.05) is 30.3 Å². The highest BCUT2D eigenvalue weighted by Crippen LogP contribution is 2.29. The minimum atomic E-state index is -0.780. The molecule has 4 heteroatoms. The van der Waals surface area contributed by atoms with Gasteiger partial charge < -0.3 is 5.11 Å². The maximum absolute atomic E-state index is 10.2. The van der Waals surface area contributed by atoms with Crippen molar-refractivity contribution in [2.45, 2.75) is 6.10 Å². The summed E-state index contributed by atoms with van der Waals surface area (Å²) >= 11 is 0. The molecule has 2 aromatic rings. The van der Waals surface area contributed by atoms with Gasteiger partial charge in [0, 0.05) is 10.6 Å². The number of rotatable bonds is 3. The van der Waals surface area contributed by atoms with E-state index in [0.29, 0.717) is 11.3 Å². The molecule has 0 unspecified atom stereocenters. The van der Waals surface area contributed by atoms with Crippen LogP contribution in [-0.2, 0) is 0 Å². The van der Waals surface area contributed by atoms with Crippen LogP contribution in [0.15, 0.2) is 59.7 Å². The van der Waals surface area contributed by atoms with Crippen LogP contribution in [0, 0.1) is 0 Å². The van der Waals surface area contributed by atoms with Crippen LogP contribution in [0.1, 0.15) is 17.2 Å². The zero-order valence-electron chi connectivity index (χ0n) is 9.06. The lowest BCUT2D eigenvalue weighted by molar-refractivity contribution is 0.221. The third-order valence-electron chi connectivity index (χ3n) is 2.50. The zero-order chi connectivity index (χ0) is 12.1. The molecular weight excluding hydrogens is 214 g/mol. The van der Waals surface area contributed by atoms with Gasteiger partial charge in [-0.3, -0.25) is 0 Å². The van der Waals surface area contributed by atoms with E-state index in [1.165, 1.54) is 0 Å². The minimum Gasteiger partial charge on any atom is -0.384 e. The Kier molecular flexibility index (Phi) is 3.40. The van der Waals surface area contributed by atoms with Gasteiger partial charge in [-0.15, -0.1) is 0 Å². The topological polar surface area (TPSA) is 69.0 Å². The van der Waals surface area contributed by atoms with Gasteiger partial charge >= 0.3 is 0 Å². The molecule has 17 heavy (non-hydrogen) atoms. The first kappa shape index (κ1) is 11.2. The van der Waals surface area contributed by atoms with Gasteiger partial charge in [-0.05, 0) is 16.7 Å². The van der Waals surface area contributed by atoms with E-state index < -0.39 is 6.10 Å². The molecule has 0 radical (unpaired) electrons. The van der Waals surface area contributed by atoms with Crippen LogP contribution in [0.5, 0.6) is 0 Å². The van der Waals surface area contributed by atoms with Crippen molar-refractivity contribution in [3.8, 4) is 0 Å². The number of aliphatic hydroxyl groups is 1. The van der Waals surface area contributed by atoms with Crippen LogP contribution in [0.25, 0.3) is 10.4 Å². The largest absolute Gasteiger partial charge is 0.384 e. The molecule has 0 saturated carbocycles. The third-order valence-corrected chi connectivity index (χ3v) is 2.50. The summed E-state index contributed by atoms with van der Waals surface area (Å²) in [6.45, 7) is 0. The number of hydrogen-bond acceptors (Lipinski definition) is 2. The predicted molar refractivity (Wildman–Crippen MR) is 65.8 cm³/mol. The Labute approximate surface area is 98.8 Å². The third kappa shape index (κ3) is 2.45. The van der Waals surface area contributed by atoms with Crippen LogP contribution in [0.4, 0.5) is 5.69 Å². The van der Waals surface area contributed by atoms with Crippen LogP contribution in [0.3, 0.4) is 0 Å². The van der Waals surface area contributed by atoms with Gasteiger partial charge in [0.15, 0.2) is 0 Å². The lowest BCUT2D eigenvalue weighted by Crippen LogP contribution is -1.99. The van der Waals surface area contributed by atoms with E-state index in [-0.39, 0.29) is 0 Å². The van der Waals surface area contributed by atoms with Gasteiger partial charge in [-0.2, -0.15) is 0 Å². The highest BCUT2D eigenvalue weighted by molar-refractivity contribution is 5.49. The molecule has 1 N–H and O–H groups in total. The van der Waals surface area contributed by atoms with Gasteiger partial charge in [-0.25, -0.2) is 0 Å². The summed E-state index contributed by atoms with van der Waals surface area (Å²) in [5, 5.41) is 13.8. The van der Waals surface area contributed by atoms with Gasteiger partial charge in [0.25, 0.3) is 0 Å². The second-order valence-corrected chi connectivity index (χ2v) is 3.56. The number of benzene rings is 2. The molecule has 0 amide bonds. The molecule has 1 atom stereocenters. The Morgan fingerprint density at radius 2 is 1.65 bits per heavy atom. The van der Waals surface area contributed by atoms with Gasteiger partial charge in [0.1, 0.15) is 6.10 Å². The Morgan fingerprint density at radius 3 is 2.35 bits per heavy atom. The molecule has 84 valence electrons. The molecule has 0 saturated heterocycles. The molecule has 0 bridgehead atoms. The van der Waals surface area contributed by atoms with Crippen molar-refractivity contribution in [3.05, 3.63) is 76.2 Å². The highest BCUT2D eigenvalue weighted by Gasteiger charge is 2.12. The summed E-state index contributed by atoms with van der Waals surface area (Å²) in [5.74, 6) is 0. The molecule has 2 aromatic carbocycles. The fourth-order valence-corrected chi connectivity index (χ4v) is 1.67. The van der Waals surface area contributed by atoms with Crippen LogP contribution >= 0.6 is 0 Å². The number of azide groups is 1. The van der Waals surface area contributed by atoms with Crippen molar-refractivity contribution in [2.24, 2.45) is 5.11 Å². The monoisotopic (exact) mass is 225 g/mol. The molecule has 2 rings (SSSR count). The normalized spacial score (nSPS) is 11.6. The van der Waals surface area contributed by atoms with Crippen LogP contribution in [-0.4, -0.2) is 5.11 Å². The van der Waals surface area contributed by atoms with Crippen molar-refractivity contribution in [1.82, 2.24) is 0 Å². The van der Waals surface area contributed by atoms with E-state index in [9.17, 15) is 5.11 Å². The molecule has 4 nitrogen and oxygen atoms in total. The molecular formula is C13H11N3O. The summed E-state index contributed by atoms with van der Waals surface area (Å²) in [4.78, 5) is 2.76. The second kappa shape index (κ2) is 5.16. The first-order valence-corrected chi connectivity index (χ1v) is 5.20. The Hall–Kier alpha value is -2.29. The molecule has 0 aliphatic rings. The quantitative estimate of drug-likeness (QED) is 0.482. The highest BCUT2D eigenvalue weighted by atomic mass is 16.3. The van der Waals surface area contributed by atoms with Gasteiger partial charge in [-0.1, -0.05) is 59.7 Å².